The predicted octanol–water partition coefficient (Wildman–Crippen LogP) is 0.809. The van der Waals surface area contributed by atoms with Crippen molar-refractivity contribution in [2.45, 2.75) is 13.0 Å². The van der Waals surface area contributed by atoms with E-state index in [1.807, 2.05) is 18.5 Å². The van der Waals surface area contributed by atoms with Crippen LogP contribution in [-0.2, 0) is 6.54 Å². The van der Waals surface area contributed by atoms with Gasteiger partial charge in [0.25, 0.3) is 0 Å². The maximum atomic E-state index is 4.20. The van der Waals surface area contributed by atoms with Crippen LogP contribution < -0.4 is 5.32 Å². The standard InChI is InChI=1S/C15H24N4/c1-2-14(10-17-4-1)11-19-7-3-15(13-19)12-18-8-5-16-6-9-18/h1-2,4,10,15-16H,3,5-9,11-13H2. The van der Waals surface area contributed by atoms with Crippen molar-refractivity contribution in [2.24, 2.45) is 5.92 Å². The summed E-state index contributed by atoms with van der Waals surface area (Å²) >= 11 is 0. The van der Waals surface area contributed by atoms with E-state index in [1.165, 1.54) is 44.7 Å². The number of hydrogen-bond acceptors (Lipinski definition) is 4. The first kappa shape index (κ1) is 13.0. The SMILES string of the molecule is c1cncc(CN2CCC(CN3CCNCC3)C2)c1. The molecule has 2 aliphatic rings. The molecule has 104 valence electrons. The molecule has 3 heterocycles. The summed E-state index contributed by atoms with van der Waals surface area (Å²) in [5.74, 6) is 0.856. The molecule has 1 unspecified atom stereocenters. The minimum atomic E-state index is 0.856. The van der Waals surface area contributed by atoms with E-state index >= 15 is 0 Å². The molecule has 4 nitrogen and oxygen atoms in total. The van der Waals surface area contributed by atoms with Crippen molar-refractivity contribution >= 4 is 0 Å². The van der Waals surface area contributed by atoms with Gasteiger partial charge in [-0.15, -0.1) is 0 Å². The Morgan fingerprint density at radius 1 is 1.21 bits per heavy atom. The average molecular weight is 260 g/mol. The van der Waals surface area contributed by atoms with Gasteiger partial charge in [-0.3, -0.25) is 9.88 Å². The molecule has 2 saturated heterocycles. The van der Waals surface area contributed by atoms with E-state index < -0.39 is 0 Å². The molecule has 0 aliphatic carbocycles. The lowest BCUT2D eigenvalue weighted by Gasteiger charge is -2.29. The Balaban J connectivity index is 1.44. The zero-order chi connectivity index (χ0) is 12.9. The topological polar surface area (TPSA) is 31.4 Å². The quantitative estimate of drug-likeness (QED) is 0.868. The summed E-state index contributed by atoms with van der Waals surface area (Å²) in [4.78, 5) is 9.39. The van der Waals surface area contributed by atoms with E-state index in [4.69, 9.17) is 0 Å². The number of nitrogens with one attached hydrogen (secondary N) is 1. The molecule has 0 bridgehead atoms. The summed E-state index contributed by atoms with van der Waals surface area (Å²) in [6.45, 7) is 9.60. The van der Waals surface area contributed by atoms with E-state index in [0.29, 0.717) is 0 Å². The van der Waals surface area contributed by atoms with Crippen LogP contribution in [0.3, 0.4) is 0 Å². The molecule has 19 heavy (non-hydrogen) atoms. The summed E-state index contributed by atoms with van der Waals surface area (Å²) in [5.41, 5.74) is 1.34. The van der Waals surface area contributed by atoms with Crippen LogP contribution in [0.2, 0.25) is 0 Å². The molecule has 2 aliphatic heterocycles. The van der Waals surface area contributed by atoms with Crippen LogP contribution in [0.1, 0.15) is 12.0 Å². The van der Waals surface area contributed by atoms with Gasteiger partial charge in [0.2, 0.25) is 0 Å². The van der Waals surface area contributed by atoms with Crippen molar-refractivity contribution in [3.8, 4) is 0 Å². The zero-order valence-corrected chi connectivity index (χ0v) is 11.6. The largest absolute Gasteiger partial charge is 0.314 e. The molecule has 0 saturated carbocycles. The molecule has 0 amide bonds. The Morgan fingerprint density at radius 2 is 2.11 bits per heavy atom. The second kappa shape index (κ2) is 6.46. The molecule has 4 heteroatoms. The maximum Gasteiger partial charge on any atom is 0.0312 e. The Morgan fingerprint density at radius 3 is 2.89 bits per heavy atom. The van der Waals surface area contributed by atoms with Crippen LogP contribution >= 0.6 is 0 Å². The fraction of sp³-hybridized carbons (Fsp3) is 0.667. The maximum absolute atomic E-state index is 4.20. The van der Waals surface area contributed by atoms with Crippen LogP contribution in [0.25, 0.3) is 0 Å². The van der Waals surface area contributed by atoms with Gasteiger partial charge in [-0.05, 0) is 30.5 Å². The van der Waals surface area contributed by atoms with Crippen molar-refractivity contribution in [3.63, 3.8) is 0 Å². The highest BCUT2D eigenvalue weighted by molar-refractivity contribution is 5.08. The smallest absolute Gasteiger partial charge is 0.0312 e. The number of aromatic nitrogens is 1. The molecule has 3 rings (SSSR count). The molecule has 2 fully saturated rings. The number of piperazine rings is 1. The second-order valence-electron chi connectivity index (χ2n) is 5.80. The molecule has 1 N–H and O–H groups in total. The van der Waals surface area contributed by atoms with Crippen molar-refractivity contribution in [1.29, 1.82) is 0 Å². The van der Waals surface area contributed by atoms with Gasteiger partial charge in [0.15, 0.2) is 0 Å². The zero-order valence-electron chi connectivity index (χ0n) is 11.6. The summed E-state index contributed by atoms with van der Waals surface area (Å²) in [7, 11) is 0. The molecule has 1 atom stereocenters. The monoisotopic (exact) mass is 260 g/mol. The number of rotatable bonds is 4. The number of hydrogen-bond donors (Lipinski definition) is 1. The lowest BCUT2D eigenvalue weighted by atomic mass is 10.1. The Hall–Kier alpha value is -0.970. The number of pyridine rings is 1. The number of nitrogens with zero attached hydrogens (tertiary/aromatic N) is 3. The molecule has 1 aromatic rings. The Bertz CT molecular complexity index is 375. The van der Waals surface area contributed by atoms with Crippen molar-refractivity contribution in [1.82, 2.24) is 20.1 Å². The van der Waals surface area contributed by atoms with Gasteiger partial charge < -0.3 is 10.2 Å². The van der Waals surface area contributed by atoms with Gasteiger partial charge in [0.05, 0.1) is 0 Å². The molecule has 0 aromatic carbocycles. The molecule has 0 radical (unpaired) electrons. The summed E-state index contributed by atoms with van der Waals surface area (Å²) < 4.78 is 0. The van der Waals surface area contributed by atoms with Crippen LogP contribution in [0, 0.1) is 5.92 Å². The Kier molecular flexibility index (Phi) is 4.43. The number of likely N-dealkylation sites (tertiary alicyclic amines) is 1. The third-order valence-electron chi connectivity index (χ3n) is 4.22. The Labute approximate surface area is 115 Å². The molecule has 1 aromatic heterocycles. The highest BCUT2D eigenvalue weighted by Crippen LogP contribution is 2.19. The van der Waals surface area contributed by atoms with Gasteiger partial charge in [-0.25, -0.2) is 0 Å². The molecule has 0 spiro atoms. The molecular formula is C15H24N4. The third kappa shape index (κ3) is 3.75. The highest BCUT2D eigenvalue weighted by atomic mass is 15.2. The van der Waals surface area contributed by atoms with E-state index in [2.05, 4.69) is 26.2 Å². The highest BCUT2D eigenvalue weighted by Gasteiger charge is 2.24. The molecular weight excluding hydrogens is 236 g/mol. The van der Waals surface area contributed by atoms with Crippen molar-refractivity contribution in [3.05, 3.63) is 30.1 Å². The van der Waals surface area contributed by atoms with E-state index in [1.54, 1.807) is 0 Å². The van der Waals surface area contributed by atoms with Crippen molar-refractivity contribution in [2.75, 3.05) is 45.8 Å². The van der Waals surface area contributed by atoms with Crippen LogP contribution in [0.15, 0.2) is 24.5 Å². The first-order valence-corrected chi connectivity index (χ1v) is 7.44. The van der Waals surface area contributed by atoms with Crippen molar-refractivity contribution < 1.29 is 0 Å². The van der Waals surface area contributed by atoms with Gasteiger partial charge in [0, 0.05) is 58.2 Å². The summed E-state index contributed by atoms with van der Waals surface area (Å²) in [6.07, 6.45) is 5.19. The van der Waals surface area contributed by atoms with Crippen LogP contribution in [0.4, 0.5) is 0 Å². The van der Waals surface area contributed by atoms with Crippen LogP contribution in [0.5, 0.6) is 0 Å². The fourth-order valence-corrected chi connectivity index (χ4v) is 3.21. The minimum Gasteiger partial charge on any atom is -0.314 e. The van der Waals surface area contributed by atoms with Crippen LogP contribution in [-0.4, -0.2) is 60.6 Å². The minimum absolute atomic E-state index is 0.856. The predicted molar refractivity (Wildman–Crippen MR) is 76.9 cm³/mol. The van der Waals surface area contributed by atoms with E-state index in [0.717, 1.165) is 25.6 Å². The summed E-state index contributed by atoms with van der Waals surface area (Å²) in [6, 6.07) is 4.21. The van der Waals surface area contributed by atoms with E-state index in [-0.39, 0.29) is 0 Å². The fourth-order valence-electron chi connectivity index (χ4n) is 3.21. The average Bonchev–Trinajstić information content (AvgIpc) is 2.88. The van der Waals surface area contributed by atoms with Gasteiger partial charge in [0.1, 0.15) is 0 Å². The van der Waals surface area contributed by atoms with E-state index in [9.17, 15) is 0 Å². The lowest BCUT2D eigenvalue weighted by molar-refractivity contribution is 0.202. The normalized spacial score (nSPS) is 25.8. The first-order chi connectivity index (χ1) is 9.40. The first-order valence-electron chi connectivity index (χ1n) is 7.44. The van der Waals surface area contributed by atoms with Gasteiger partial charge in [-0.2, -0.15) is 0 Å². The van der Waals surface area contributed by atoms with Gasteiger partial charge in [-0.1, -0.05) is 6.07 Å². The lowest BCUT2D eigenvalue weighted by Crippen LogP contribution is -2.45. The third-order valence-corrected chi connectivity index (χ3v) is 4.22. The van der Waals surface area contributed by atoms with Gasteiger partial charge >= 0.3 is 0 Å². The second-order valence-corrected chi connectivity index (χ2v) is 5.80. The summed E-state index contributed by atoms with van der Waals surface area (Å²) in [5, 5.41) is 3.42.